The first-order valence-corrected chi connectivity index (χ1v) is 8.09. The molecule has 116 valence electrons. The largest absolute Gasteiger partial charge is 0.494 e. The van der Waals surface area contributed by atoms with E-state index in [2.05, 4.69) is 29.6 Å². The smallest absolute Gasteiger partial charge is 0.185 e. The van der Waals surface area contributed by atoms with Gasteiger partial charge in [0.2, 0.25) is 0 Å². The third-order valence-electron chi connectivity index (χ3n) is 3.85. The molecule has 0 aliphatic carbocycles. The zero-order valence-electron chi connectivity index (χ0n) is 13.1. The van der Waals surface area contributed by atoms with Gasteiger partial charge in [-0.3, -0.25) is 5.43 Å². The van der Waals surface area contributed by atoms with E-state index in [1.807, 2.05) is 31.2 Å². The molecular weight excluding hydrogens is 282 g/mol. The standard InChI is InChI=1S/C16H25N3OS/c1-4-20-15-10-8-14(9-11-15)17-16(21)18-19-12(2)6-5-7-13(19)3/h8-13H,4-7H2,1-3H3,(H2,17,18,21). The van der Waals surface area contributed by atoms with Crippen LogP contribution in [0.4, 0.5) is 5.69 Å². The molecule has 1 aliphatic rings. The van der Waals surface area contributed by atoms with E-state index in [4.69, 9.17) is 17.0 Å². The highest BCUT2D eigenvalue weighted by Gasteiger charge is 2.25. The van der Waals surface area contributed by atoms with Crippen LogP contribution in [0, 0.1) is 0 Å². The molecule has 5 heteroatoms. The maximum atomic E-state index is 5.43. The van der Waals surface area contributed by atoms with Crippen molar-refractivity contribution in [2.45, 2.75) is 52.1 Å². The lowest BCUT2D eigenvalue weighted by molar-refractivity contribution is 0.0750. The number of nitrogens with zero attached hydrogens (tertiary/aromatic N) is 1. The molecule has 2 unspecified atom stereocenters. The minimum Gasteiger partial charge on any atom is -0.494 e. The molecule has 0 bridgehead atoms. The van der Waals surface area contributed by atoms with Crippen LogP contribution < -0.4 is 15.5 Å². The SMILES string of the molecule is CCOc1ccc(NC(=S)NN2C(C)CCCC2C)cc1. The number of nitrogens with one attached hydrogen (secondary N) is 2. The van der Waals surface area contributed by atoms with Gasteiger partial charge in [-0.25, -0.2) is 5.01 Å². The number of hydrogen-bond acceptors (Lipinski definition) is 3. The van der Waals surface area contributed by atoms with E-state index in [9.17, 15) is 0 Å². The van der Waals surface area contributed by atoms with Crippen molar-refractivity contribution >= 4 is 23.0 Å². The average molecular weight is 307 g/mol. The molecule has 0 radical (unpaired) electrons. The Morgan fingerprint density at radius 2 is 1.86 bits per heavy atom. The van der Waals surface area contributed by atoms with Crippen molar-refractivity contribution in [1.29, 1.82) is 0 Å². The lowest BCUT2D eigenvalue weighted by Crippen LogP contribution is -2.55. The average Bonchev–Trinajstić information content (AvgIpc) is 2.45. The van der Waals surface area contributed by atoms with Gasteiger partial charge in [0.25, 0.3) is 0 Å². The second kappa shape index (κ2) is 7.61. The highest BCUT2D eigenvalue weighted by molar-refractivity contribution is 7.80. The van der Waals surface area contributed by atoms with Crippen LogP contribution in [0.5, 0.6) is 5.75 Å². The molecule has 2 N–H and O–H groups in total. The van der Waals surface area contributed by atoms with Gasteiger partial charge < -0.3 is 10.1 Å². The van der Waals surface area contributed by atoms with Crippen molar-refractivity contribution in [1.82, 2.24) is 10.4 Å². The normalized spacial score (nSPS) is 22.6. The minimum absolute atomic E-state index is 0.508. The van der Waals surface area contributed by atoms with Gasteiger partial charge in [-0.05, 0) is 70.1 Å². The summed E-state index contributed by atoms with van der Waals surface area (Å²) < 4.78 is 5.43. The fraction of sp³-hybridized carbons (Fsp3) is 0.562. The fourth-order valence-corrected chi connectivity index (χ4v) is 2.94. The predicted molar refractivity (Wildman–Crippen MR) is 91.6 cm³/mol. The first kappa shape index (κ1) is 16.0. The Morgan fingerprint density at radius 1 is 1.24 bits per heavy atom. The summed E-state index contributed by atoms with van der Waals surface area (Å²) in [6.45, 7) is 7.13. The van der Waals surface area contributed by atoms with E-state index >= 15 is 0 Å². The summed E-state index contributed by atoms with van der Waals surface area (Å²) in [6, 6.07) is 8.85. The monoisotopic (exact) mass is 307 g/mol. The second-order valence-electron chi connectivity index (χ2n) is 5.56. The Morgan fingerprint density at radius 3 is 2.43 bits per heavy atom. The molecule has 2 rings (SSSR count). The lowest BCUT2D eigenvalue weighted by atomic mass is 10.00. The third kappa shape index (κ3) is 4.58. The molecule has 0 saturated carbocycles. The zero-order valence-corrected chi connectivity index (χ0v) is 13.9. The maximum absolute atomic E-state index is 5.43. The molecule has 1 aromatic rings. The fourth-order valence-electron chi connectivity index (χ4n) is 2.72. The van der Waals surface area contributed by atoms with Crippen LogP contribution in [0.25, 0.3) is 0 Å². The van der Waals surface area contributed by atoms with Crippen molar-refractivity contribution in [3.8, 4) is 5.75 Å². The van der Waals surface area contributed by atoms with Crippen LogP contribution >= 0.6 is 12.2 Å². The van der Waals surface area contributed by atoms with Crippen molar-refractivity contribution in [3.63, 3.8) is 0 Å². The van der Waals surface area contributed by atoms with Gasteiger partial charge in [-0.1, -0.05) is 6.42 Å². The van der Waals surface area contributed by atoms with Crippen LogP contribution in [0.15, 0.2) is 24.3 Å². The summed E-state index contributed by atoms with van der Waals surface area (Å²) >= 11 is 5.41. The highest BCUT2D eigenvalue weighted by Crippen LogP contribution is 2.20. The summed E-state index contributed by atoms with van der Waals surface area (Å²) in [7, 11) is 0. The molecule has 4 nitrogen and oxygen atoms in total. The van der Waals surface area contributed by atoms with Crippen LogP contribution in [0.3, 0.4) is 0 Å². The predicted octanol–water partition coefficient (Wildman–Crippen LogP) is 3.55. The highest BCUT2D eigenvalue weighted by atomic mass is 32.1. The van der Waals surface area contributed by atoms with E-state index in [1.54, 1.807) is 0 Å². The topological polar surface area (TPSA) is 36.5 Å². The number of hydrazine groups is 1. The van der Waals surface area contributed by atoms with Crippen LogP contribution in [-0.4, -0.2) is 28.8 Å². The number of anilines is 1. The van der Waals surface area contributed by atoms with E-state index < -0.39 is 0 Å². The summed E-state index contributed by atoms with van der Waals surface area (Å²) in [6.07, 6.45) is 3.71. The van der Waals surface area contributed by atoms with E-state index in [0.29, 0.717) is 23.8 Å². The molecular formula is C16H25N3OS. The number of piperidine rings is 1. The molecule has 1 saturated heterocycles. The number of benzene rings is 1. The first-order valence-electron chi connectivity index (χ1n) is 7.69. The van der Waals surface area contributed by atoms with E-state index in [0.717, 1.165) is 11.4 Å². The molecule has 1 fully saturated rings. The Hall–Kier alpha value is -1.33. The van der Waals surface area contributed by atoms with Gasteiger partial charge in [0.05, 0.1) is 6.61 Å². The molecule has 21 heavy (non-hydrogen) atoms. The summed E-state index contributed by atoms with van der Waals surface area (Å²) in [5.41, 5.74) is 4.30. The van der Waals surface area contributed by atoms with Crippen molar-refractivity contribution in [3.05, 3.63) is 24.3 Å². The molecule has 2 atom stereocenters. The quantitative estimate of drug-likeness (QED) is 0.832. The van der Waals surface area contributed by atoms with Gasteiger partial charge in [0.1, 0.15) is 5.75 Å². The van der Waals surface area contributed by atoms with Crippen molar-refractivity contribution < 1.29 is 4.74 Å². The first-order chi connectivity index (χ1) is 10.1. The van der Waals surface area contributed by atoms with Crippen LogP contribution in [0.2, 0.25) is 0 Å². The van der Waals surface area contributed by atoms with Gasteiger partial charge in [0.15, 0.2) is 5.11 Å². The lowest BCUT2D eigenvalue weighted by Gasteiger charge is -2.39. The molecule has 1 heterocycles. The summed E-state index contributed by atoms with van der Waals surface area (Å²) in [5, 5.41) is 6.12. The summed E-state index contributed by atoms with van der Waals surface area (Å²) in [5.74, 6) is 0.875. The zero-order chi connectivity index (χ0) is 15.2. The molecule has 0 spiro atoms. The summed E-state index contributed by atoms with van der Waals surface area (Å²) in [4.78, 5) is 0. The Labute approximate surface area is 132 Å². The third-order valence-corrected chi connectivity index (χ3v) is 4.04. The van der Waals surface area contributed by atoms with Crippen molar-refractivity contribution in [2.24, 2.45) is 0 Å². The Balaban J connectivity index is 1.88. The number of rotatable bonds is 4. The maximum Gasteiger partial charge on any atom is 0.185 e. The van der Waals surface area contributed by atoms with Crippen LogP contribution in [-0.2, 0) is 0 Å². The molecule has 0 aromatic heterocycles. The van der Waals surface area contributed by atoms with Gasteiger partial charge >= 0.3 is 0 Å². The molecule has 0 amide bonds. The van der Waals surface area contributed by atoms with Gasteiger partial charge in [-0.15, -0.1) is 0 Å². The number of ether oxygens (including phenoxy) is 1. The molecule has 1 aromatic carbocycles. The number of thiocarbonyl (C=S) groups is 1. The molecule has 1 aliphatic heterocycles. The van der Waals surface area contributed by atoms with Gasteiger partial charge in [-0.2, -0.15) is 0 Å². The number of hydrogen-bond donors (Lipinski definition) is 2. The van der Waals surface area contributed by atoms with Crippen molar-refractivity contribution in [2.75, 3.05) is 11.9 Å². The van der Waals surface area contributed by atoms with Crippen LogP contribution in [0.1, 0.15) is 40.0 Å². The van der Waals surface area contributed by atoms with E-state index in [1.165, 1.54) is 19.3 Å². The Bertz CT molecular complexity index is 453. The second-order valence-corrected chi connectivity index (χ2v) is 5.97. The Kier molecular flexibility index (Phi) is 5.82. The minimum atomic E-state index is 0.508. The van der Waals surface area contributed by atoms with Gasteiger partial charge in [0, 0.05) is 17.8 Å². The van der Waals surface area contributed by atoms with E-state index in [-0.39, 0.29) is 0 Å².